The molecule has 2 aliphatic rings. The van der Waals surface area contributed by atoms with E-state index >= 15 is 0 Å². The number of halogens is 1. The fraction of sp³-hybridized carbons (Fsp3) is 0.500. The number of ether oxygens (including phenoxy) is 1. The molecule has 0 saturated carbocycles. The topological polar surface area (TPSA) is 56.8 Å². The summed E-state index contributed by atoms with van der Waals surface area (Å²) in [4.78, 5) is 11.4. The summed E-state index contributed by atoms with van der Waals surface area (Å²) in [7, 11) is -0.820. The molecule has 1 aromatic rings. The third-order valence-corrected chi connectivity index (χ3v) is 4.26. The Hall–Kier alpha value is -1.60. The van der Waals surface area contributed by atoms with Gasteiger partial charge in [-0.25, -0.2) is 4.39 Å². The lowest BCUT2D eigenvalue weighted by molar-refractivity contribution is -0.118. The summed E-state index contributed by atoms with van der Waals surface area (Å²) in [5.74, 6) is -0.654. The molecule has 1 amide bonds. The Morgan fingerprint density at radius 2 is 1.81 bits per heavy atom. The molecule has 1 aromatic carbocycles. The fourth-order valence-corrected chi connectivity index (χ4v) is 2.28. The summed E-state index contributed by atoms with van der Waals surface area (Å²) in [5.41, 5.74) is -0.823. The Balaban J connectivity index is 1.98. The van der Waals surface area contributed by atoms with Crippen LogP contribution in [0.25, 0.3) is 0 Å². The third-order valence-electron chi connectivity index (χ3n) is 4.26. The SMILES string of the molecule is CC1(C)OB(c2ccc3c(c2F)NC(=O)CO3)OC1(C)C. The van der Waals surface area contributed by atoms with Crippen molar-refractivity contribution in [1.82, 2.24) is 0 Å². The van der Waals surface area contributed by atoms with E-state index in [-0.39, 0.29) is 23.7 Å². The van der Waals surface area contributed by atoms with E-state index < -0.39 is 24.1 Å². The summed E-state index contributed by atoms with van der Waals surface area (Å²) >= 11 is 0. The Morgan fingerprint density at radius 1 is 1.19 bits per heavy atom. The second kappa shape index (κ2) is 4.45. The van der Waals surface area contributed by atoms with E-state index in [9.17, 15) is 9.18 Å². The maximum atomic E-state index is 14.6. The number of carbonyl (C=O) groups excluding carboxylic acids is 1. The van der Waals surface area contributed by atoms with Crippen molar-refractivity contribution in [2.75, 3.05) is 11.9 Å². The number of amides is 1. The van der Waals surface area contributed by atoms with Gasteiger partial charge >= 0.3 is 7.12 Å². The van der Waals surface area contributed by atoms with Crippen molar-refractivity contribution in [2.24, 2.45) is 0 Å². The zero-order valence-electron chi connectivity index (χ0n) is 12.5. The summed E-state index contributed by atoms with van der Waals surface area (Å²) < 4.78 is 31.5. The molecule has 0 aliphatic carbocycles. The van der Waals surface area contributed by atoms with E-state index in [4.69, 9.17) is 14.0 Å². The van der Waals surface area contributed by atoms with Crippen LogP contribution in [0.1, 0.15) is 27.7 Å². The Labute approximate surface area is 122 Å². The number of hydrogen-bond acceptors (Lipinski definition) is 4. The van der Waals surface area contributed by atoms with Gasteiger partial charge in [0.05, 0.1) is 11.2 Å². The minimum atomic E-state index is -0.820. The highest BCUT2D eigenvalue weighted by molar-refractivity contribution is 6.62. The number of carbonyl (C=O) groups is 1. The van der Waals surface area contributed by atoms with Crippen LogP contribution in [0.5, 0.6) is 5.75 Å². The van der Waals surface area contributed by atoms with Crippen molar-refractivity contribution in [3.63, 3.8) is 0 Å². The molecule has 112 valence electrons. The highest BCUT2D eigenvalue weighted by Crippen LogP contribution is 2.38. The van der Waals surface area contributed by atoms with Gasteiger partial charge in [0.15, 0.2) is 6.61 Å². The molecule has 0 unspecified atom stereocenters. The van der Waals surface area contributed by atoms with E-state index in [0.717, 1.165) is 0 Å². The standard InChI is InChI=1S/C14H17BFNO4/c1-13(2)14(3,4)21-15(20-13)8-5-6-9-12(11(8)16)17-10(18)7-19-9/h5-6H,7H2,1-4H3,(H,17,18). The predicted octanol–water partition coefficient (Wildman–Crippen LogP) is 1.46. The minimum absolute atomic E-state index is 0.0402. The van der Waals surface area contributed by atoms with Crippen molar-refractivity contribution in [3.8, 4) is 5.75 Å². The van der Waals surface area contributed by atoms with Crippen LogP contribution >= 0.6 is 0 Å². The molecule has 1 N–H and O–H groups in total. The van der Waals surface area contributed by atoms with Crippen LogP contribution in [0, 0.1) is 5.82 Å². The third kappa shape index (κ3) is 2.20. The quantitative estimate of drug-likeness (QED) is 0.796. The summed E-state index contributed by atoms with van der Waals surface area (Å²) in [6, 6.07) is 3.17. The van der Waals surface area contributed by atoms with Gasteiger partial charge in [0.1, 0.15) is 17.3 Å². The average molecular weight is 293 g/mol. The molecular formula is C14H17BFNO4. The summed E-state index contributed by atoms with van der Waals surface area (Å²) in [6.07, 6.45) is 0. The molecular weight excluding hydrogens is 276 g/mol. The molecule has 3 rings (SSSR count). The van der Waals surface area contributed by atoms with Crippen LogP contribution in [0.15, 0.2) is 12.1 Å². The molecule has 2 aliphatic heterocycles. The number of hydrogen-bond donors (Lipinski definition) is 1. The molecule has 1 fully saturated rings. The van der Waals surface area contributed by atoms with Crippen molar-refractivity contribution >= 4 is 24.2 Å². The van der Waals surface area contributed by atoms with Gasteiger partial charge in [-0.3, -0.25) is 4.79 Å². The zero-order valence-corrected chi connectivity index (χ0v) is 12.5. The zero-order chi connectivity index (χ0) is 15.4. The van der Waals surface area contributed by atoms with Crippen LogP contribution < -0.4 is 15.5 Å². The molecule has 0 spiro atoms. The molecule has 0 radical (unpaired) electrons. The first kappa shape index (κ1) is 14.3. The van der Waals surface area contributed by atoms with Gasteiger partial charge < -0.3 is 19.4 Å². The van der Waals surface area contributed by atoms with Gasteiger partial charge in [0.25, 0.3) is 5.91 Å². The molecule has 0 aromatic heterocycles. The monoisotopic (exact) mass is 293 g/mol. The molecule has 2 heterocycles. The maximum Gasteiger partial charge on any atom is 0.497 e. The number of nitrogens with one attached hydrogen (secondary N) is 1. The Kier molecular flexibility index (Phi) is 3.04. The van der Waals surface area contributed by atoms with E-state index in [1.165, 1.54) is 0 Å². The van der Waals surface area contributed by atoms with Crippen molar-refractivity contribution in [1.29, 1.82) is 0 Å². The van der Waals surface area contributed by atoms with Gasteiger partial charge in [-0.05, 0) is 33.8 Å². The first-order valence-corrected chi connectivity index (χ1v) is 6.82. The molecule has 7 heteroatoms. The number of benzene rings is 1. The number of anilines is 1. The Morgan fingerprint density at radius 3 is 2.43 bits per heavy atom. The largest absolute Gasteiger partial charge is 0.497 e. The first-order chi connectivity index (χ1) is 9.71. The second-order valence-corrected chi connectivity index (χ2v) is 6.27. The van der Waals surface area contributed by atoms with Gasteiger partial charge in [0.2, 0.25) is 0 Å². The van der Waals surface area contributed by atoms with E-state index in [0.29, 0.717) is 5.75 Å². The number of fused-ring (bicyclic) bond motifs is 1. The van der Waals surface area contributed by atoms with Crippen LogP contribution in [0.2, 0.25) is 0 Å². The normalized spacial score (nSPS) is 22.5. The highest BCUT2D eigenvalue weighted by atomic mass is 19.1. The minimum Gasteiger partial charge on any atom is -0.481 e. The van der Waals surface area contributed by atoms with E-state index in [1.54, 1.807) is 12.1 Å². The number of rotatable bonds is 1. The summed E-state index contributed by atoms with van der Waals surface area (Å²) in [6.45, 7) is 7.48. The molecule has 0 bridgehead atoms. The fourth-order valence-electron chi connectivity index (χ4n) is 2.28. The maximum absolute atomic E-state index is 14.6. The molecule has 5 nitrogen and oxygen atoms in total. The van der Waals surface area contributed by atoms with E-state index in [2.05, 4.69) is 5.32 Å². The van der Waals surface area contributed by atoms with Crippen molar-refractivity contribution < 1.29 is 23.2 Å². The second-order valence-electron chi connectivity index (χ2n) is 6.27. The van der Waals surface area contributed by atoms with Gasteiger partial charge in [-0.15, -0.1) is 0 Å². The van der Waals surface area contributed by atoms with Crippen molar-refractivity contribution in [3.05, 3.63) is 17.9 Å². The van der Waals surface area contributed by atoms with Gasteiger partial charge in [-0.1, -0.05) is 6.07 Å². The molecule has 0 atom stereocenters. The highest BCUT2D eigenvalue weighted by Gasteiger charge is 2.52. The molecule has 1 saturated heterocycles. The van der Waals surface area contributed by atoms with E-state index in [1.807, 2.05) is 27.7 Å². The van der Waals surface area contributed by atoms with Crippen LogP contribution in [0.4, 0.5) is 10.1 Å². The van der Waals surface area contributed by atoms with Crippen LogP contribution in [-0.2, 0) is 14.1 Å². The Bertz CT molecular complexity index is 601. The first-order valence-electron chi connectivity index (χ1n) is 6.82. The van der Waals surface area contributed by atoms with Gasteiger partial charge in [0, 0.05) is 5.46 Å². The average Bonchev–Trinajstić information content (AvgIpc) is 2.59. The van der Waals surface area contributed by atoms with Crippen molar-refractivity contribution in [2.45, 2.75) is 38.9 Å². The lowest BCUT2D eigenvalue weighted by Crippen LogP contribution is -2.41. The predicted molar refractivity (Wildman–Crippen MR) is 76.2 cm³/mol. The lowest BCUT2D eigenvalue weighted by atomic mass is 9.78. The summed E-state index contributed by atoms with van der Waals surface area (Å²) in [5, 5.41) is 2.48. The molecule has 21 heavy (non-hydrogen) atoms. The lowest BCUT2D eigenvalue weighted by Gasteiger charge is -2.32. The van der Waals surface area contributed by atoms with Crippen LogP contribution in [-0.4, -0.2) is 30.8 Å². The van der Waals surface area contributed by atoms with Crippen LogP contribution in [0.3, 0.4) is 0 Å². The van der Waals surface area contributed by atoms with Gasteiger partial charge in [-0.2, -0.15) is 0 Å². The smallest absolute Gasteiger partial charge is 0.481 e.